The van der Waals surface area contributed by atoms with Gasteiger partial charge in [0, 0.05) is 4.47 Å². The van der Waals surface area contributed by atoms with Crippen molar-refractivity contribution in [2.24, 2.45) is 5.92 Å². The average Bonchev–Trinajstić information content (AvgIpc) is 2.25. The minimum atomic E-state index is -5.69. The van der Waals surface area contributed by atoms with Crippen LogP contribution in [-0.2, 0) is 4.79 Å². The minimum absolute atomic E-state index is 0.384. The standard InChI is InChI=1S/C12H10BrF6NO/c1-6(7-2-4-8(13)5-3-7)20-10(21)9(11(14,15)16)12(17,18)19/h2-6,9H,1H3,(H,20,21). The molecule has 1 N–H and O–H groups in total. The largest absolute Gasteiger partial charge is 0.409 e. The van der Waals surface area contributed by atoms with E-state index in [2.05, 4.69) is 15.9 Å². The van der Waals surface area contributed by atoms with Crippen LogP contribution >= 0.6 is 15.9 Å². The van der Waals surface area contributed by atoms with Crippen LogP contribution < -0.4 is 5.32 Å². The molecule has 0 saturated heterocycles. The van der Waals surface area contributed by atoms with Gasteiger partial charge >= 0.3 is 12.4 Å². The molecule has 1 rings (SSSR count). The number of benzene rings is 1. The molecule has 0 aliphatic rings. The molecular weight excluding hydrogens is 368 g/mol. The Morgan fingerprint density at radius 1 is 1.05 bits per heavy atom. The number of hydrogen-bond acceptors (Lipinski definition) is 1. The maximum Gasteiger partial charge on any atom is 0.409 e. The first-order chi connectivity index (χ1) is 9.43. The zero-order valence-electron chi connectivity index (χ0n) is 10.5. The molecule has 0 aliphatic carbocycles. The zero-order valence-corrected chi connectivity index (χ0v) is 12.1. The van der Waals surface area contributed by atoms with Gasteiger partial charge in [-0.25, -0.2) is 0 Å². The fourth-order valence-corrected chi connectivity index (χ4v) is 1.88. The van der Waals surface area contributed by atoms with Crippen LogP contribution in [0.4, 0.5) is 26.3 Å². The maximum absolute atomic E-state index is 12.4. The van der Waals surface area contributed by atoms with Crippen LogP contribution in [0.1, 0.15) is 18.5 Å². The third-order valence-corrected chi connectivity index (χ3v) is 3.17. The summed E-state index contributed by atoms with van der Waals surface area (Å²) in [6, 6.07) is 5.08. The van der Waals surface area contributed by atoms with E-state index in [1.165, 1.54) is 19.1 Å². The lowest BCUT2D eigenvalue weighted by atomic mass is 10.0. The number of nitrogens with one attached hydrogen (secondary N) is 1. The van der Waals surface area contributed by atoms with Crippen molar-refractivity contribution in [2.45, 2.75) is 25.3 Å². The second-order valence-electron chi connectivity index (χ2n) is 4.30. The zero-order chi connectivity index (χ0) is 16.4. The lowest BCUT2D eigenvalue weighted by Crippen LogP contribution is -2.48. The van der Waals surface area contributed by atoms with Crippen LogP contribution in [-0.4, -0.2) is 18.3 Å². The Morgan fingerprint density at radius 2 is 1.48 bits per heavy atom. The monoisotopic (exact) mass is 377 g/mol. The van der Waals surface area contributed by atoms with E-state index >= 15 is 0 Å². The van der Waals surface area contributed by atoms with E-state index in [0.717, 1.165) is 0 Å². The fraction of sp³-hybridized carbons (Fsp3) is 0.417. The van der Waals surface area contributed by atoms with Gasteiger partial charge in [0.05, 0.1) is 6.04 Å². The van der Waals surface area contributed by atoms with Crippen molar-refractivity contribution in [1.82, 2.24) is 5.32 Å². The smallest absolute Gasteiger partial charge is 0.349 e. The van der Waals surface area contributed by atoms with Gasteiger partial charge in [-0.2, -0.15) is 26.3 Å². The van der Waals surface area contributed by atoms with Gasteiger partial charge < -0.3 is 5.32 Å². The number of carbonyl (C=O) groups is 1. The van der Waals surface area contributed by atoms with Gasteiger partial charge in [0.15, 0.2) is 0 Å². The molecule has 1 atom stereocenters. The van der Waals surface area contributed by atoms with Crippen LogP contribution in [0.3, 0.4) is 0 Å². The van der Waals surface area contributed by atoms with Gasteiger partial charge in [0.1, 0.15) is 0 Å². The molecule has 0 bridgehead atoms. The van der Waals surface area contributed by atoms with Crippen LogP contribution in [0.25, 0.3) is 0 Å². The molecule has 0 aliphatic heterocycles. The lowest BCUT2D eigenvalue weighted by molar-refractivity contribution is -0.274. The first-order valence-corrected chi connectivity index (χ1v) is 6.41. The highest BCUT2D eigenvalue weighted by Gasteiger charge is 2.61. The maximum atomic E-state index is 12.4. The summed E-state index contributed by atoms with van der Waals surface area (Å²) in [5, 5.41) is 1.73. The number of alkyl halides is 6. The summed E-state index contributed by atoms with van der Waals surface area (Å²) < 4.78 is 75.0. The van der Waals surface area contributed by atoms with E-state index in [-0.39, 0.29) is 0 Å². The molecule has 1 amide bonds. The molecule has 0 aromatic heterocycles. The van der Waals surface area contributed by atoms with E-state index in [9.17, 15) is 31.1 Å². The molecule has 21 heavy (non-hydrogen) atoms. The highest BCUT2D eigenvalue weighted by molar-refractivity contribution is 9.10. The topological polar surface area (TPSA) is 29.1 Å². The summed E-state index contributed by atoms with van der Waals surface area (Å²) in [6.45, 7) is 1.30. The molecular formula is C12H10BrF6NO. The Kier molecular flexibility index (Phi) is 5.30. The molecule has 1 unspecified atom stereocenters. The number of halogens is 7. The third kappa shape index (κ3) is 4.90. The van der Waals surface area contributed by atoms with Crippen LogP contribution in [0, 0.1) is 5.92 Å². The summed E-state index contributed by atoms with van der Waals surface area (Å²) in [5.74, 6) is -6.16. The van der Waals surface area contributed by atoms with Crippen molar-refractivity contribution in [1.29, 1.82) is 0 Å². The summed E-state index contributed by atoms with van der Waals surface area (Å²) >= 11 is 3.14. The molecule has 1 aromatic rings. The Morgan fingerprint density at radius 3 is 1.86 bits per heavy atom. The van der Waals surface area contributed by atoms with Crippen molar-refractivity contribution in [2.75, 3.05) is 0 Å². The molecule has 0 fully saturated rings. The van der Waals surface area contributed by atoms with Gasteiger partial charge in [0.25, 0.3) is 0 Å². The van der Waals surface area contributed by atoms with Gasteiger partial charge in [0.2, 0.25) is 11.8 Å². The van der Waals surface area contributed by atoms with Crippen LogP contribution in [0.2, 0.25) is 0 Å². The molecule has 1 aromatic carbocycles. The predicted octanol–water partition coefficient (Wildman–Crippen LogP) is 4.37. The summed E-state index contributed by atoms with van der Waals surface area (Å²) in [5.41, 5.74) is 0.384. The molecule has 2 nitrogen and oxygen atoms in total. The van der Waals surface area contributed by atoms with Gasteiger partial charge in [-0.05, 0) is 24.6 Å². The molecule has 0 radical (unpaired) electrons. The van der Waals surface area contributed by atoms with E-state index in [1.54, 1.807) is 17.4 Å². The second kappa shape index (κ2) is 6.25. The van der Waals surface area contributed by atoms with Crippen molar-refractivity contribution in [3.05, 3.63) is 34.3 Å². The number of hydrogen-bond donors (Lipinski definition) is 1. The average molecular weight is 378 g/mol. The summed E-state index contributed by atoms with van der Waals surface area (Å²) in [4.78, 5) is 11.3. The Bertz CT molecular complexity index is 482. The first-order valence-electron chi connectivity index (χ1n) is 5.62. The normalized spacial score (nSPS) is 14.1. The van der Waals surface area contributed by atoms with Crippen molar-refractivity contribution >= 4 is 21.8 Å². The van der Waals surface area contributed by atoms with Gasteiger partial charge in [-0.1, -0.05) is 28.1 Å². The Labute approximate surface area is 124 Å². The molecule has 0 heterocycles. The molecule has 0 spiro atoms. The van der Waals surface area contributed by atoms with Crippen LogP contribution in [0.5, 0.6) is 0 Å². The predicted molar refractivity (Wildman–Crippen MR) is 66.3 cm³/mol. The lowest BCUT2D eigenvalue weighted by Gasteiger charge is -2.24. The van der Waals surface area contributed by atoms with Gasteiger partial charge in [-0.3, -0.25) is 4.79 Å². The quantitative estimate of drug-likeness (QED) is 0.778. The number of amides is 1. The van der Waals surface area contributed by atoms with Crippen molar-refractivity contribution < 1.29 is 31.1 Å². The van der Waals surface area contributed by atoms with E-state index in [1.807, 2.05) is 0 Å². The Hall–Kier alpha value is -1.25. The summed E-state index contributed by atoms with van der Waals surface area (Å²) in [6.07, 6.45) is -11.4. The number of carbonyl (C=O) groups excluding carboxylic acids is 1. The Balaban J connectivity index is 2.89. The molecule has 118 valence electrons. The first kappa shape index (κ1) is 17.8. The SMILES string of the molecule is CC(NC(=O)C(C(F)(F)F)C(F)(F)F)c1ccc(Br)cc1. The highest BCUT2D eigenvalue weighted by Crippen LogP contribution is 2.39. The van der Waals surface area contributed by atoms with Crippen molar-refractivity contribution in [3.63, 3.8) is 0 Å². The highest BCUT2D eigenvalue weighted by atomic mass is 79.9. The minimum Gasteiger partial charge on any atom is -0.349 e. The van der Waals surface area contributed by atoms with Gasteiger partial charge in [-0.15, -0.1) is 0 Å². The van der Waals surface area contributed by atoms with E-state index < -0.39 is 30.2 Å². The summed E-state index contributed by atoms with van der Waals surface area (Å²) in [7, 11) is 0. The molecule has 0 saturated carbocycles. The van der Waals surface area contributed by atoms with E-state index in [4.69, 9.17) is 0 Å². The second-order valence-corrected chi connectivity index (χ2v) is 5.21. The number of rotatable bonds is 3. The van der Waals surface area contributed by atoms with Crippen LogP contribution in [0.15, 0.2) is 28.7 Å². The fourth-order valence-electron chi connectivity index (χ4n) is 1.61. The molecule has 9 heteroatoms. The van der Waals surface area contributed by atoms with Crippen molar-refractivity contribution in [3.8, 4) is 0 Å². The third-order valence-electron chi connectivity index (χ3n) is 2.65. The van der Waals surface area contributed by atoms with E-state index in [0.29, 0.717) is 10.0 Å².